The molecule has 0 aromatic heterocycles. The summed E-state index contributed by atoms with van der Waals surface area (Å²) >= 11 is 3.21. The third-order valence-electron chi connectivity index (χ3n) is 1.77. The van der Waals surface area contributed by atoms with E-state index in [4.69, 9.17) is 9.47 Å². The lowest BCUT2D eigenvalue weighted by atomic mass is 10.3. The number of ether oxygens (including phenoxy) is 2. The van der Waals surface area contributed by atoms with Crippen LogP contribution in [0, 0.1) is 5.82 Å². The van der Waals surface area contributed by atoms with Crippen LogP contribution < -0.4 is 4.74 Å². The molecule has 2 nitrogen and oxygen atoms in total. The molecule has 0 fully saturated rings. The normalized spacial score (nSPS) is 12.6. The maximum atomic E-state index is 12.7. The van der Waals surface area contributed by atoms with Gasteiger partial charge in [-0.05, 0) is 41.1 Å². The molecule has 0 aliphatic heterocycles. The van der Waals surface area contributed by atoms with Gasteiger partial charge in [0.15, 0.2) is 0 Å². The zero-order valence-electron chi connectivity index (χ0n) is 8.09. The van der Waals surface area contributed by atoms with Crippen molar-refractivity contribution in [2.24, 2.45) is 0 Å². The average Bonchev–Trinajstić information content (AvgIpc) is 2.16. The van der Waals surface area contributed by atoms with Crippen molar-refractivity contribution in [2.75, 3.05) is 13.7 Å². The van der Waals surface area contributed by atoms with Gasteiger partial charge in [0.25, 0.3) is 0 Å². The Balaban J connectivity index is 2.59. The van der Waals surface area contributed by atoms with Crippen LogP contribution in [0.5, 0.6) is 5.75 Å². The molecule has 0 bridgehead atoms. The fourth-order valence-corrected chi connectivity index (χ4v) is 1.33. The van der Waals surface area contributed by atoms with Gasteiger partial charge in [0.1, 0.15) is 18.2 Å². The van der Waals surface area contributed by atoms with Crippen LogP contribution in [0.4, 0.5) is 4.39 Å². The van der Waals surface area contributed by atoms with Gasteiger partial charge in [0, 0.05) is 7.11 Å². The first kappa shape index (κ1) is 11.5. The second-order valence-electron chi connectivity index (χ2n) is 2.93. The quantitative estimate of drug-likeness (QED) is 0.831. The number of benzene rings is 1. The molecule has 0 aliphatic rings. The minimum Gasteiger partial charge on any atom is -0.490 e. The molecule has 0 amide bonds. The van der Waals surface area contributed by atoms with Crippen molar-refractivity contribution in [2.45, 2.75) is 13.0 Å². The van der Waals surface area contributed by atoms with E-state index < -0.39 is 0 Å². The molecule has 1 aromatic carbocycles. The molecule has 14 heavy (non-hydrogen) atoms. The van der Waals surface area contributed by atoms with E-state index in [0.29, 0.717) is 16.8 Å². The average molecular weight is 263 g/mol. The minimum atomic E-state index is -0.288. The molecule has 4 heteroatoms. The summed E-state index contributed by atoms with van der Waals surface area (Å²) in [5.41, 5.74) is 0. The monoisotopic (exact) mass is 262 g/mol. The predicted molar refractivity (Wildman–Crippen MR) is 56.1 cm³/mol. The van der Waals surface area contributed by atoms with Crippen LogP contribution in [0.2, 0.25) is 0 Å². The Bertz CT molecular complexity index is 304. The second-order valence-corrected chi connectivity index (χ2v) is 3.79. The first-order chi connectivity index (χ1) is 6.63. The lowest BCUT2D eigenvalue weighted by Crippen LogP contribution is -2.16. The summed E-state index contributed by atoms with van der Waals surface area (Å²) in [4.78, 5) is 0. The summed E-state index contributed by atoms with van der Waals surface area (Å²) in [7, 11) is 1.62. The Morgan fingerprint density at radius 3 is 2.79 bits per heavy atom. The third kappa shape index (κ3) is 3.27. The molecule has 78 valence electrons. The van der Waals surface area contributed by atoms with Gasteiger partial charge < -0.3 is 9.47 Å². The number of methoxy groups -OCH3 is 1. The fraction of sp³-hybridized carbons (Fsp3) is 0.400. The first-order valence-corrected chi connectivity index (χ1v) is 5.03. The van der Waals surface area contributed by atoms with E-state index in [1.807, 2.05) is 6.92 Å². The van der Waals surface area contributed by atoms with Crippen molar-refractivity contribution in [3.05, 3.63) is 28.5 Å². The highest BCUT2D eigenvalue weighted by Crippen LogP contribution is 2.25. The number of halogens is 2. The molecular formula is C10H12BrFO2. The van der Waals surface area contributed by atoms with Crippen LogP contribution in [0.1, 0.15) is 6.92 Å². The van der Waals surface area contributed by atoms with Crippen LogP contribution in [0.15, 0.2) is 22.7 Å². The molecule has 1 unspecified atom stereocenters. The van der Waals surface area contributed by atoms with Gasteiger partial charge in [-0.15, -0.1) is 0 Å². The Morgan fingerprint density at radius 2 is 2.21 bits per heavy atom. The standard InChI is InChI=1S/C10H12BrFO2/c1-7(13-2)6-14-10-4-3-8(12)5-9(10)11/h3-5,7H,6H2,1-2H3. The van der Waals surface area contributed by atoms with Gasteiger partial charge in [-0.2, -0.15) is 0 Å². The highest BCUT2D eigenvalue weighted by atomic mass is 79.9. The predicted octanol–water partition coefficient (Wildman–Crippen LogP) is 3.00. The Labute approximate surface area is 91.2 Å². The second kappa shape index (κ2) is 5.32. The molecule has 0 saturated heterocycles. The van der Waals surface area contributed by atoms with Crippen LogP contribution in [-0.2, 0) is 4.74 Å². The Kier molecular flexibility index (Phi) is 4.35. The smallest absolute Gasteiger partial charge is 0.133 e. The van der Waals surface area contributed by atoms with Crippen molar-refractivity contribution < 1.29 is 13.9 Å². The van der Waals surface area contributed by atoms with Gasteiger partial charge in [-0.25, -0.2) is 4.39 Å². The van der Waals surface area contributed by atoms with Crippen LogP contribution in [0.3, 0.4) is 0 Å². The minimum absolute atomic E-state index is 0.0203. The molecule has 0 N–H and O–H groups in total. The Morgan fingerprint density at radius 1 is 1.50 bits per heavy atom. The number of rotatable bonds is 4. The summed E-state index contributed by atoms with van der Waals surface area (Å²) in [6.07, 6.45) is 0.0203. The van der Waals surface area contributed by atoms with Gasteiger partial charge >= 0.3 is 0 Å². The maximum Gasteiger partial charge on any atom is 0.133 e. The fourth-order valence-electron chi connectivity index (χ4n) is 0.867. The van der Waals surface area contributed by atoms with Crippen LogP contribution >= 0.6 is 15.9 Å². The van der Waals surface area contributed by atoms with E-state index in [1.165, 1.54) is 12.1 Å². The van der Waals surface area contributed by atoms with E-state index in [9.17, 15) is 4.39 Å². The van der Waals surface area contributed by atoms with Crippen molar-refractivity contribution in [1.29, 1.82) is 0 Å². The van der Waals surface area contributed by atoms with E-state index in [1.54, 1.807) is 13.2 Å². The summed E-state index contributed by atoms with van der Waals surface area (Å²) in [6, 6.07) is 4.31. The van der Waals surface area contributed by atoms with Crippen molar-refractivity contribution in [3.63, 3.8) is 0 Å². The molecule has 0 radical (unpaired) electrons. The first-order valence-electron chi connectivity index (χ1n) is 4.24. The van der Waals surface area contributed by atoms with Gasteiger partial charge in [-0.1, -0.05) is 0 Å². The zero-order valence-corrected chi connectivity index (χ0v) is 9.67. The summed E-state index contributed by atoms with van der Waals surface area (Å²) < 4.78 is 23.7. The lowest BCUT2D eigenvalue weighted by molar-refractivity contribution is 0.0713. The number of hydrogen-bond acceptors (Lipinski definition) is 2. The van der Waals surface area contributed by atoms with E-state index >= 15 is 0 Å². The SMILES string of the molecule is COC(C)COc1ccc(F)cc1Br. The van der Waals surface area contributed by atoms with Crippen molar-refractivity contribution in [3.8, 4) is 5.75 Å². The van der Waals surface area contributed by atoms with E-state index in [0.717, 1.165) is 0 Å². The summed E-state index contributed by atoms with van der Waals surface area (Å²) in [5, 5.41) is 0. The molecule has 0 aliphatic carbocycles. The van der Waals surface area contributed by atoms with Gasteiger partial charge in [0.2, 0.25) is 0 Å². The third-order valence-corrected chi connectivity index (χ3v) is 2.39. The molecular weight excluding hydrogens is 251 g/mol. The molecule has 1 atom stereocenters. The van der Waals surface area contributed by atoms with Crippen molar-refractivity contribution in [1.82, 2.24) is 0 Å². The van der Waals surface area contributed by atoms with Gasteiger partial charge in [-0.3, -0.25) is 0 Å². The molecule has 1 aromatic rings. The molecule has 0 spiro atoms. The molecule has 0 heterocycles. The molecule has 0 saturated carbocycles. The molecule has 1 rings (SSSR count). The maximum absolute atomic E-state index is 12.7. The van der Waals surface area contributed by atoms with Crippen LogP contribution in [-0.4, -0.2) is 19.8 Å². The lowest BCUT2D eigenvalue weighted by Gasteiger charge is -2.12. The highest BCUT2D eigenvalue weighted by Gasteiger charge is 2.05. The number of hydrogen-bond donors (Lipinski definition) is 0. The van der Waals surface area contributed by atoms with E-state index in [2.05, 4.69) is 15.9 Å². The van der Waals surface area contributed by atoms with Crippen LogP contribution in [0.25, 0.3) is 0 Å². The van der Waals surface area contributed by atoms with E-state index in [-0.39, 0.29) is 11.9 Å². The summed E-state index contributed by atoms with van der Waals surface area (Å²) in [6.45, 7) is 2.35. The largest absolute Gasteiger partial charge is 0.490 e. The summed E-state index contributed by atoms with van der Waals surface area (Å²) in [5.74, 6) is 0.333. The zero-order chi connectivity index (χ0) is 10.6. The van der Waals surface area contributed by atoms with Crippen molar-refractivity contribution >= 4 is 15.9 Å². The highest BCUT2D eigenvalue weighted by molar-refractivity contribution is 9.10. The van der Waals surface area contributed by atoms with Gasteiger partial charge in [0.05, 0.1) is 10.6 Å². The Hall–Kier alpha value is -0.610. The topological polar surface area (TPSA) is 18.5 Å².